The third-order valence-electron chi connectivity index (χ3n) is 2.94. The Morgan fingerprint density at radius 3 is 2.24 bits per heavy atom. The van der Waals surface area contributed by atoms with Crippen molar-refractivity contribution in [2.24, 2.45) is 0 Å². The Hall–Kier alpha value is -1.31. The molecule has 0 spiro atoms. The van der Waals surface area contributed by atoms with E-state index in [1.54, 1.807) is 0 Å². The number of nitrogens with zero attached hydrogens (tertiary/aromatic N) is 1. The van der Waals surface area contributed by atoms with Gasteiger partial charge in [0, 0.05) is 13.1 Å². The largest absolute Gasteiger partial charge is 0.342 e. The molecule has 2 heteroatoms. The highest BCUT2D eigenvalue weighted by Gasteiger charge is 2.12. The molecule has 2 nitrogen and oxygen atoms in total. The second kappa shape index (κ2) is 7.10. The normalized spacial score (nSPS) is 10.3. The molecule has 0 aliphatic carbocycles. The molecule has 0 saturated carbocycles. The molecule has 1 aromatic carbocycles. The van der Waals surface area contributed by atoms with Crippen molar-refractivity contribution in [2.45, 2.75) is 40.0 Å². The van der Waals surface area contributed by atoms with Gasteiger partial charge in [-0.1, -0.05) is 38.1 Å². The minimum absolute atomic E-state index is 0.253. The Morgan fingerprint density at radius 2 is 1.71 bits per heavy atom. The van der Waals surface area contributed by atoms with Gasteiger partial charge in [-0.25, -0.2) is 0 Å². The molecular formula is C15H23NO. The lowest BCUT2D eigenvalue weighted by molar-refractivity contribution is -0.130. The molecule has 0 atom stereocenters. The van der Waals surface area contributed by atoms with E-state index in [0.717, 1.165) is 31.5 Å². The van der Waals surface area contributed by atoms with Crippen LogP contribution in [0.5, 0.6) is 0 Å². The minimum atomic E-state index is 0.253. The zero-order chi connectivity index (χ0) is 12.7. The quantitative estimate of drug-likeness (QED) is 0.739. The second-order valence-corrected chi connectivity index (χ2v) is 4.48. The standard InChI is InChI=1S/C15H23NO/c1-4-10-16(11-5-2)15(17)12-14-9-7-6-8-13(14)3/h6-9H,4-5,10-12H2,1-3H3. The number of carbonyl (C=O) groups excluding carboxylic acids is 1. The van der Waals surface area contributed by atoms with Gasteiger partial charge in [-0.2, -0.15) is 0 Å². The van der Waals surface area contributed by atoms with Crippen molar-refractivity contribution in [3.05, 3.63) is 35.4 Å². The van der Waals surface area contributed by atoms with Gasteiger partial charge >= 0.3 is 0 Å². The number of rotatable bonds is 6. The Balaban J connectivity index is 2.66. The smallest absolute Gasteiger partial charge is 0.226 e. The van der Waals surface area contributed by atoms with Gasteiger partial charge in [-0.3, -0.25) is 4.79 Å². The number of hydrogen-bond acceptors (Lipinski definition) is 1. The number of aryl methyl sites for hydroxylation is 1. The third kappa shape index (κ3) is 4.22. The van der Waals surface area contributed by atoms with Crippen LogP contribution in [0.2, 0.25) is 0 Å². The summed E-state index contributed by atoms with van der Waals surface area (Å²) in [5.74, 6) is 0.253. The van der Waals surface area contributed by atoms with E-state index in [0.29, 0.717) is 6.42 Å². The third-order valence-corrected chi connectivity index (χ3v) is 2.94. The van der Waals surface area contributed by atoms with Crippen molar-refractivity contribution in [1.29, 1.82) is 0 Å². The van der Waals surface area contributed by atoms with Crippen molar-refractivity contribution < 1.29 is 4.79 Å². The number of carbonyl (C=O) groups is 1. The number of amides is 1. The van der Waals surface area contributed by atoms with E-state index in [2.05, 4.69) is 26.8 Å². The Morgan fingerprint density at radius 1 is 1.12 bits per heavy atom. The van der Waals surface area contributed by atoms with Crippen molar-refractivity contribution in [2.75, 3.05) is 13.1 Å². The first kappa shape index (κ1) is 13.8. The first-order valence-corrected chi connectivity index (χ1v) is 6.51. The van der Waals surface area contributed by atoms with Gasteiger partial charge in [0.2, 0.25) is 5.91 Å². The molecule has 1 amide bonds. The maximum atomic E-state index is 12.2. The summed E-state index contributed by atoms with van der Waals surface area (Å²) in [6, 6.07) is 8.12. The van der Waals surface area contributed by atoms with E-state index in [1.165, 1.54) is 5.56 Å². The predicted octanol–water partition coefficient (Wildman–Crippen LogP) is 3.19. The highest BCUT2D eigenvalue weighted by Crippen LogP contribution is 2.09. The van der Waals surface area contributed by atoms with Gasteiger partial charge in [-0.05, 0) is 30.9 Å². The van der Waals surface area contributed by atoms with E-state index in [9.17, 15) is 4.79 Å². The van der Waals surface area contributed by atoms with Gasteiger partial charge in [0.05, 0.1) is 6.42 Å². The first-order chi connectivity index (χ1) is 8.19. The molecule has 0 N–H and O–H groups in total. The second-order valence-electron chi connectivity index (χ2n) is 4.48. The van der Waals surface area contributed by atoms with Crippen LogP contribution < -0.4 is 0 Å². The number of benzene rings is 1. The maximum absolute atomic E-state index is 12.2. The van der Waals surface area contributed by atoms with E-state index in [-0.39, 0.29) is 5.91 Å². The van der Waals surface area contributed by atoms with Crippen molar-refractivity contribution in [3.8, 4) is 0 Å². The molecule has 0 radical (unpaired) electrons. The average Bonchev–Trinajstić information content (AvgIpc) is 2.32. The van der Waals surface area contributed by atoms with Crippen LogP contribution >= 0.6 is 0 Å². The van der Waals surface area contributed by atoms with Crippen LogP contribution in [0.1, 0.15) is 37.8 Å². The first-order valence-electron chi connectivity index (χ1n) is 6.51. The van der Waals surface area contributed by atoms with E-state index in [1.807, 2.05) is 23.1 Å². The van der Waals surface area contributed by atoms with Crippen molar-refractivity contribution in [3.63, 3.8) is 0 Å². The summed E-state index contributed by atoms with van der Waals surface area (Å²) in [6.07, 6.45) is 2.59. The van der Waals surface area contributed by atoms with Crippen LogP contribution in [0.3, 0.4) is 0 Å². The van der Waals surface area contributed by atoms with Crippen LogP contribution in [0.25, 0.3) is 0 Å². The molecule has 0 heterocycles. The molecule has 0 bridgehead atoms. The summed E-state index contributed by atoms with van der Waals surface area (Å²) in [5.41, 5.74) is 2.35. The van der Waals surface area contributed by atoms with Gasteiger partial charge in [0.1, 0.15) is 0 Å². The fraction of sp³-hybridized carbons (Fsp3) is 0.533. The summed E-state index contributed by atoms with van der Waals surface area (Å²) in [5, 5.41) is 0. The minimum Gasteiger partial charge on any atom is -0.342 e. The zero-order valence-electron chi connectivity index (χ0n) is 11.2. The fourth-order valence-electron chi connectivity index (χ4n) is 1.98. The monoisotopic (exact) mass is 233 g/mol. The lowest BCUT2D eigenvalue weighted by Crippen LogP contribution is -2.33. The predicted molar refractivity (Wildman–Crippen MR) is 72.0 cm³/mol. The van der Waals surface area contributed by atoms with Crippen molar-refractivity contribution in [1.82, 2.24) is 4.90 Å². The summed E-state index contributed by atoms with van der Waals surface area (Å²) in [4.78, 5) is 14.1. The van der Waals surface area contributed by atoms with Crippen LogP contribution in [-0.4, -0.2) is 23.9 Å². The highest BCUT2D eigenvalue weighted by molar-refractivity contribution is 5.79. The topological polar surface area (TPSA) is 20.3 Å². The van der Waals surface area contributed by atoms with Gasteiger partial charge in [-0.15, -0.1) is 0 Å². The Labute approximate surface area is 105 Å². The van der Waals surface area contributed by atoms with E-state index in [4.69, 9.17) is 0 Å². The Bertz CT molecular complexity index is 354. The molecule has 0 saturated heterocycles. The lowest BCUT2D eigenvalue weighted by Gasteiger charge is -2.21. The van der Waals surface area contributed by atoms with Crippen LogP contribution in [0, 0.1) is 6.92 Å². The van der Waals surface area contributed by atoms with Crippen molar-refractivity contribution >= 4 is 5.91 Å². The SMILES string of the molecule is CCCN(CCC)C(=O)Cc1ccccc1C. The molecule has 94 valence electrons. The maximum Gasteiger partial charge on any atom is 0.226 e. The van der Waals surface area contributed by atoms with Gasteiger partial charge in [0.25, 0.3) is 0 Å². The van der Waals surface area contributed by atoms with Gasteiger partial charge in [0.15, 0.2) is 0 Å². The lowest BCUT2D eigenvalue weighted by atomic mass is 10.1. The molecular weight excluding hydrogens is 210 g/mol. The van der Waals surface area contributed by atoms with Crippen LogP contribution in [-0.2, 0) is 11.2 Å². The zero-order valence-corrected chi connectivity index (χ0v) is 11.2. The van der Waals surface area contributed by atoms with Crippen LogP contribution in [0.15, 0.2) is 24.3 Å². The highest BCUT2D eigenvalue weighted by atomic mass is 16.2. The summed E-state index contributed by atoms with van der Waals surface area (Å²) < 4.78 is 0. The molecule has 17 heavy (non-hydrogen) atoms. The van der Waals surface area contributed by atoms with E-state index < -0.39 is 0 Å². The molecule has 0 aliphatic rings. The molecule has 0 fully saturated rings. The molecule has 0 aromatic heterocycles. The Kier molecular flexibility index (Phi) is 5.75. The van der Waals surface area contributed by atoms with E-state index >= 15 is 0 Å². The molecule has 1 rings (SSSR count). The molecule has 0 unspecified atom stereocenters. The summed E-state index contributed by atoms with van der Waals surface area (Å²) >= 11 is 0. The number of hydrogen-bond donors (Lipinski definition) is 0. The summed E-state index contributed by atoms with van der Waals surface area (Å²) in [6.45, 7) is 8.04. The van der Waals surface area contributed by atoms with Crippen LogP contribution in [0.4, 0.5) is 0 Å². The average molecular weight is 233 g/mol. The molecule has 0 aliphatic heterocycles. The molecule has 1 aromatic rings. The summed E-state index contributed by atoms with van der Waals surface area (Å²) in [7, 11) is 0. The fourth-order valence-corrected chi connectivity index (χ4v) is 1.98. The van der Waals surface area contributed by atoms with Gasteiger partial charge < -0.3 is 4.90 Å².